The fourth-order valence-electron chi connectivity index (χ4n) is 1.65. The fourth-order valence-corrected chi connectivity index (χ4v) is 1.65. The molecular formula is C13H18N2O5. The van der Waals surface area contributed by atoms with Gasteiger partial charge in [0.1, 0.15) is 0 Å². The lowest BCUT2D eigenvalue weighted by molar-refractivity contribution is -0.384. The molecule has 0 aromatic heterocycles. The van der Waals surface area contributed by atoms with Crippen molar-refractivity contribution in [1.29, 1.82) is 0 Å². The van der Waals surface area contributed by atoms with Gasteiger partial charge in [0.05, 0.1) is 24.1 Å². The van der Waals surface area contributed by atoms with Crippen molar-refractivity contribution in [2.24, 2.45) is 0 Å². The number of nitro benzene ring substituents is 1. The van der Waals surface area contributed by atoms with Crippen LogP contribution >= 0.6 is 0 Å². The van der Waals surface area contributed by atoms with Crippen molar-refractivity contribution in [2.45, 2.75) is 26.0 Å². The monoisotopic (exact) mass is 282 g/mol. The van der Waals surface area contributed by atoms with Crippen molar-refractivity contribution in [3.05, 3.63) is 39.9 Å². The molecule has 1 atom stereocenters. The van der Waals surface area contributed by atoms with E-state index in [1.54, 1.807) is 19.1 Å². The molecule has 20 heavy (non-hydrogen) atoms. The molecule has 0 aliphatic heterocycles. The van der Waals surface area contributed by atoms with Crippen LogP contribution in [0.1, 0.15) is 18.9 Å². The molecule has 0 aliphatic rings. The maximum Gasteiger partial charge on any atom is 0.308 e. The summed E-state index contributed by atoms with van der Waals surface area (Å²) in [5.41, 5.74) is 0.763. The first-order valence-corrected chi connectivity index (χ1v) is 6.30. The first-order valence-electron chi connectivity index (χ1n) is 6.30. The van der Waals surface area contributed by atoms with E-state index in [-0.39, 0.29) is 25.3 Å². The Morgan fingerprint density at radius 1 is 1.55 bits per heavy atom. The minimum Gasteiger partial charge on any atom is -0.466 e. The Hall–Kier alpha value is -1.99. The van der Waals surface area contributed by atoms with E-state index < -0.39 is 17.0 Å². The van der Waals surface area contributed by atoms with Crippen LogP contribution in [-0.4, -0.2) is 35.3 Å². The summed E-state index contributed by atoms with van der Waals surface area (Å²) in [5, 5.41) is 23.1. The largest absolute Gasteiger partial charge is 0.466 e. The van der Waals surface area contributed by atoms with Gasteiger partial charge in [0.25, 0.3) is 5.69 Å². The van der Waals surface area contributed by atoms with Crippen LogP contribution in [0.2, 0.25) is 0 Å². The molecule has 1 aromatic carbocycles. The third-order valence-electron chi connectivity index (χ3n) is 2.54. The average molecular weight is 282 g/mol. The van der Waals surface area contributed by atoms with Crippen LogP contribution in [0.25, 0.3) is 0 Å². The number of ether oxygens (including phenoxy) is 1. The normalized spacial score (nSPS) is 11.9. The highest BCUT2D eigenvalue weighted by atomic mass is 16.6. The first-order chi connectivity index (χ1) is 9.52. The first kappa shape index (κ1) is 16.1. The number of non-ortho nitro benzene ring substituents is 1. The number of nitrogens with zero attached hydrogens (tertiary/aromatic N) is 1. The summed E-state index contributed by atoms with van der Waals surface area (Å²) in [6.45, 7) is 2.57. The van der Waals surface area contributed by atoms with E-state index in [1.807, 2.05) is 0 Å². The Bertz CT molecular complexity index is 464. The molecule has 0 fully saturated rings. The van der Waals surface area contributed by atoms with E-state index >= 15 is 0 Å². The predicted molar refractivity (Wildman–Crippen MR) is 72.1 cm³/mol. The molecule has 0 saturated heterocycles. The second-order valence-corrected chi connectivity index (χ2v) is 4.22. The summed E-state index contributed by atoms with van der Waals surface area (Å²) in [6, 6.07) is 6.23. The maximum absolute atomic E-state index is 11.1. The quantitative estimate of drug-likeness (QED) is 0.419. The second kappa shape index (κ2) is 8.23. The van der Waals surface area contributed by atoms with Gasteiger partial charge in [0.2, 0.25) is 0 Å². The van der Waals surface area contributed by atoms with Crippen LogP contribution in [0.4, 0.5) is 5.69 Å². The summed E-state index contributed by atoms with van der Waals surface area (Å²) in [5.74, 6) is -0.447. The summed E-state index contributed by atoms with van der Waals surface area (Å²) < 4.78 is 4.72. The number of nitro groups is 1. The Morgan fingerprint density at radius 3 is 2.95 bits per heavy atom. The average Bonchev–Trinajstić information content (AvgIpc) is 2.39. The molecule has 1 rings (SSSR count). The standard InChI is InChI=1S/C13H18N2O5/c1-2-20-13(17)7-12(16)9-14-8-10-4-3-5-11(6-10)15(18)19/h3-6,12,14,16H,2,7-9H2,1H3. The molecule has 0 amide bonds. The van der Waals surface area contributed by atoms with Crippen LogP contribution in [0.15, 0.2) is 24.3 Å². The van der Waals surface area contributed by atoms with Gasteiger partial charge in [-0.3, -0.25) is 14.9 Å². The summed E-state index contributed by atoms with van der Waals surface area (Å²) in [6.07, 6.45) is -0.914. The van der Waals surface area contributed by atoms with Crippen LogP contribution in [-0.2, 0) is 16.1 Å². The fraction of sp³-hybridized carbons (Fsp3) is 0.462. The molecule has 0 aliphatic carbocycles. The molecule has 2 N–H and O–H groups in total. The number of benzene rings is 1. The minimum atomic E-state index is -0.840. The second-order valence-electron chi connectivity index (χ2n) is 4.22. The highest BCUT2D eigenvalue weighted by molar-refractivity contribution is 5.69. The van der Waals surface area contributed by atoms with Gasteiger partial charge in [-0.1, -0.05) is 12.1 Å². The Morgan fingerprint density at radius 2 is 2.30 bits per heavy atom. The molecule has 0 heterocycles. The Kier molecular flexibility index (Phi) is 6.61. The highest BCUT2D eigenvalue weighted by Crippen LogP contribution is 2.12. The Balaban J connectivity index is 2.35. The van der Waals surface area contributed by atoms with E-state index in [0.717, 1.165) is 5.56 Å². The number of rotatable bonds is 8. The lowest BCUT2D eigenvalue weighted by atomic mass is 10.2. The molecule has 110 valence electrons. The van der Waals surface area contributed by atoms with Crippen LogP contribution in [0.5, 0.6) is 0 Å². The van der Waals surface area contributed by atoms with Crippen molar-refractivity contribution in [3.8, 4) is 0 Å². The molecule has 0 radical (unpaired) electrons. The number of hydrogen-bond donors (Lipinski definition) is 2. The van der Waals surface area contributed by atoms with E-state index in [4.69, 9.17) is 4.74 Å². The number of carbonyl (C=O) groups excluding carboxylic acids is 1. The third kappa shape index (κ3) is 5.77. The molecule has 0 spiro atoms. The smallest absolute Gasteiger partial charge is 0.308 e. The molecule has 0 saturated carbocycles. The summed E-state index contributed by atoms with van der Waals surface area (Å²) in [7, 11) is 0. The lowest BCUT2D eigenvalue weighted by Crippen LogP contribution is -2.29. The maximum atomic E-state index is 11.1. The van der Waals surface area contributed by atoms with Crippen LogP contribution < -0.4 is 5.32 Å². The van der Waals surface area contributed by atoms with Gasteiger partial charge >= 0.3 is 5.97 Å². The molecular weight excluding hydrogens is 264 g/mol. The molecule has 7 nitrogen and oxygen atoms in total. The zero-order valence-corrected chi connectivity index (χ0v) is 11.2. The SMILES string of the molecule is CCOC(=O)CC(O)CNCc1cccc([N+](=O)[O-])c1. The van der Waals surface area contributed by atoms with E-state index in [1.165, 1.54) is 12.1 Å². The van der Waals surface area contributed by atoms with Gasteiger partial charge < -0.3 is 15.2 Å². The van der Waals surface area contributed by atoms with Crippen molar-refractivity contribution in [1.82, 2.24) is 5.32 Å². The van der Waals surface area contributed by atoms with E-state index in [9.17, 15) is 20.0 Å². The molecule has 1 unspecified atom stereocenters. The zero-order valence-electron chi connectivity index (χ0n) is 11.2. The number of aliphatic hydroxyl groups is 1. The lowest BCUT2D eigenvalue weighted by Gasteiger charge is -2.11. The summed E-state index contributed by atoms with van der Waals surface area (Å²) in [4.78, 5) is 21.3. The van der Waals surface area contributed by atoms with Crippen molar-refractivity contribution in [2.75, 3.05) is 13.2 Å². The topological polar surface area (TPSA) is 102 Å². The van der Waals surface area contributed by atoms with Gasteiger partial charge in [-0.05, 0) is 12.5 Å². The summed E-state index contributed by atoms with van der Waals surface area (Å²) >= 11 is 0. The number of carbonyl (C=O) groups is 1. The van der Waals surface area contributed by atoms with Crippen molar-refractivity contribution in [3.63, 3.8) is 0 Å². The van der Waals surface area contributed by atoms with E-state index in [0.29, 0.717) is 6.54 Å². The number of esters is 1. The third-order valence-corrected chi connectivity index (χ3v) is 2.54. The van der Waals surface area contributed by atoms with Crippen LogP contribution in [0, 0.1) is 10.1 Å². The molecule has 7 heteroatoms. The van der Waals surface area contributed by atoms with Gasteiger partial charge in [-0.25, -0.2) is 0 Å². The molecule has 0 bridgehead atoms. The zero-order chi connectivity index (χ0) is 15.0. The molecule has 1 aromatic rings. The van der Waals surface area contributed by atoms with Gasteiger partial charge in [-0.15, -0.1) is 0 Å². The number of aliphatic hydroxyl groups excluding tert-OH is 1. The number of hydrogen-bond acceptors (Lipinski definition) is 6. The Labute approximate surface area is 116 Å². The predicted octanol–water partition coefficient (Wildman–Crippen LogP) is 0.998. The minimum absolute atomic E-state index is 0.0244. The van der Waals surface area contributed by atoms with Crippen molar-refractivity contribution >= 4 is 11.7 Å². The van der Waals surface area contributed by atoms with Crippen LogP contribution in [0.3, 0.4) is 0 Å². The van der Waals surface area contributed by atoms with Gasteiger partial charge in [0, 0.05) is 25.2 Å². The van der Waals surface area contributed by atoms with Gasteiger partial charge in [0.15, 0.2) is 0 Å². The highest BCUT2D eigenvalue weighted by Gasteiger charge is 2.11. The van der Waals surface area contributed by atoms with E-state index in [2.05, 4.69) is 5.32 Å². The van der Waals surface area contributed by atoms with Gasteiger partial charge in [-0.2, -0.15) is 0 Å². The number of nitrogens with one attached hydrogen (secondary N) is 1. The van der Waals surface area contributed by atoms with Crippen molar-refractivity contribution < 1.29 is 19.6 Å².